The molecular weight excluding hydrogens is 366 g/mol. The minimum atomic E-state index is -3.84. The highest BCUT2D eigenvalue weighted by atomic mass is 32.2. The number of nitrogens with two attached hydrogens (primary N) is 1. The normalized spacial score (nSPS) is 11.2. The van der Waals surface area contributed by atoms with E-state index in [0.29, 0.717) is 17.2 Å². The van der Waals surface area contributed by atoms with Crippen molar-refractivity contribution >= 4 is 21.6 Å². The van der Waals surface area contributed by atoms with Gasteiger partial charge in [0, 0.05) is 20.3 Å². The summed E-state index contributed by atoms with van der Waals surface area (Å²) in [6, 6.07) is 17.2. The van der Waals surface area contributed by atoms with Gasteiger partial charge < -0.3 is 15.0 Å². The molecule has 27 heavy (non-hydrogen) atoms. The van der Waals surface area contributed by atoms with Crippen molar-refractivity contribution in [1.82, 2.24) is 4.57 Å². The predicted molar refractivity (Wildman–Crippen MR) is 102 cm³/mol. The van der Waals surface area contributed by atoms with Crippen LogP contribution < -0.4 is 14.8 Å². The van der Waals surface area contributed by atoms with E-state index < -0.39 is 15.9 Å². The van der Waals surface area contributed by atoms with Gasteiger partial charge in [-0.3, -0.25) is 9.10 Å². The van der Waals surface area contributed by atoms with E-state index in [1.165, 1.54) is 23.9 Å². The average molecular weight is 385 g/mol. The summed E-state index contributed by atoms with van der Waals surface area (Å²) < 4.78 is 33.9. The summed E-state index contributed by atoms with van der Waals surface area (Å²) >= 11 is 0. The second-order valence-electron chi connectivity index (χ2n) is 5.92. The maximum Gasteiger partial charge on any atom is 0.265 e. The van der Waals surface area contributed by atoms with E-state index in [-0.39, 0.29) is 10.6 Å². The Hall–Kier alpha value is -3.26. The van der Waals surface area contributed by atoms with Crippen molar-refractivity contribution in [2.75, 3.05) is 11.4 Å². The molecule has 3 aromatic rings. The summed E-state index contributed by atoms with van der Waals surface area (Å²) in [6.45, 7) is 0. The second kappa shape index (κ2) is 7.16. The van der Waals surface area contributed by atoms with Gasteiger partial charge in [0.1, 0.15) is 22.1 Å². The number of aromatic nitrogens is 1. The minimum Gasteiger partial charge on any atom is -0.457 e. The maximum absolute atomic E-state index is 12.8. The maximum atomic E-state index is 12.8. The molecule has 0 saturated carbocycles. The Morgan fingerprint density at radius 3 is 2.19 bits per heavy atom. The Labute approximate surface area is 157 Å². The van der Waals surface area contributed by atoms with Gasteiger partial charge in [-0.25, -0.2) is 8.42 Å². The zero-order chi connectivity index (χ0) is 19.6. The van der Waals surface area contributed by atoms with E-state index in [0.717, 1.165) is 4.31 Å². The first kappa shape index (κ1) is 18.5. The Morgan fingerprint density at radius 2 is 1.63 bits per heavy atom. The highest BCUT2D eigenvalue weighted by Crippen LogP contribution is 2.27. The molecule has 7 nitrogen and oxygen atoms in total. The van der Waals surface area contributed by atoms with Crippen molar-refractivity contribution in [1.29, 1.82) is 0 Å². The fourth-order valence-corrected chi connectivity index (χ4v) is 3.83. The van der Waals surface area contributed by atoms with Gasteiger partial charge in [0.15, 0.2) is 0 Å². The van der Waals surface area contributed by atoms with Gasteiger partial charge >= 0.3 is 0 Å². The SMILES string of the molecule is CN(c1ccc(Oc2ccccc2)cc1)S(=O)(=O)c1cc(C(N)=O)n(C)c1. The van der Waals surface area contributed by atoms with E-state index >= 15 is 0 Å². The first-order valence-corrected chi connectivity index (χ1v) is 9.51. The van der Waals surface area contributed by atoms with Crippen LogP contribution in [0, 0.1) is 0 Å². The first-order chi connectivity index (χ1) is 12.8. The smallest absolute Gasteiger partial charge is 0.265 e. The van der Waals surface area contributed by atoms with Gasteiger partial charge in [0.25, 0.3) is 15.9 Å². The lowest BCUT2D eigenvalue weighted by Gasteiger charge is -2.19. The van der Waals surface area contributed by atoms with Gasteiger partial charge in [-0.05, 0) is 42.5 Å². The lowest BCUT2D eigenvalue weighted by molar-refractivity contribution is 0.0992. The summed E-state index contributed by atoms with van der Waals surface area (Å²) in [6.07, 6.45) is 1.36. The van der Waals surface area contributed by atoms with Crippen LogP contribution >= 0.6 is 0 Å². The minimum absolute atomic E-state index is 0.00841. The molecule has 0 atom stereocenters. The van der Waals surface area contributed by atoms with Crippen molar-refractivity contribution in [3.63, 3.8) is 0 Å². The number of benzene rings is 2. The van der Waals surface area contributed by atoms with Crippen molar-refractivity contribution in [2.24, 2.45) is 12.8 Å². The highest BCUT2D eigenvalue weighted by molar-refractivity contribution is 7.92. The summed E-state index contributed by atoms with van der Waals surface area (Å²) in [4.78, 5) is 11.4. The number of carbonyl (C=O) groups excluding carboxylic acids is 1. The van der Waals surface area contributed by atoms with Crippen LogP contribution in [0.3, 0.4) is 0 Å². The van der Waals surface area contributed by atoms with E-state index in [2.05, 4.69) is 0 Å². The molecule has 0 aliphatic carbocycles. The largest absolute Gasteiger partial charge is 0.457 e. The molecule has 0 spiro atoms. The standard InChI is InChI=1S/C19H19N3O4S/c1-21-13-17(12-18(21)19(20)23)27(24,25)22(2)14-8-10-16(11-9-14)26-15-6-4-3-5-7-15/h3-13H,1-2H3,(H2,20,23). The third-order valence-corrected chi connectivity index (χ3v) is 5.82. The third-order valence-electron chi connectivity index (χ3n) is 4.07. The van der Waals surface area contributed by atoms with Crippen molar-refractivity contribution in [3.8, 4) is 11.5 Å². The van der Waals surface area contributed by atoms with E-state index in [1.807, 2.05) is 30.3 Å². The van der Waals surface area contributed by atoms with Crippen LogP contribution in [0.5, 0.6) is 11.5 Å². The number of nitrogens with zero attached hydrogens (tertiary/aromatic N) is 2. The summed E-state index contributed by atoms with van der Waals surface area (Å²) in [5.74, 6) is 0.588. The van der Waals surface area contributed by atoms with Crippen LogP contribution in [-0.2, 0) is 17.1 Å². The topological polar surface area (TPSA) is 94.6 Å². The summed E-state index contributed by atoms with van der Waals surface area (Å²) in [5.41, 5.74) is 5.83. The zero-order valence-electron chi connectivity index (χ0n) is 14.9. The summed E-state index contributed by atoms with van der Waals surface area (Å²) in [5, 5.41) is 0. The van der Waals surface area contributed by atoms with Gasteiger partial charge in [-0.2, -0.15) is 0 Å². The molecule has 8 heteroatoms. The van der Waals surface area contributed by atoms with Crippen LogP contribution in [0.1, 0.15) is 10.5 Å². The molecule has 0 aliphatic heterocycles. The number of aryl methyl sites for hydroxylation is 1. The first-order valence-electron chi connectivity index (χ1n) is 8.07. The molecule has 1 aromatic heterocycles. The van der Waals surface area contributed by atoms with Gasteiger partial charge in [-0.1, -0.05) is 18.2 Å². The van der Waals surface area contributed by atoms with Gasteiger partial charge in [0.2, 0.25) is 0 Å². The Kier molecular flexibility index (Phi) is 4.91. The highest BCUT2D eigenvalue weighted by Gasteiger charge is 2.24. The number of primary amides is 1. The predicted octanol–water partition coefficient (Wildman–Crippen LogP) is 2.74. The zero-order valence-corrected chi connectivity index (χ0v) is 15.7. The molecule has 0 aliphatic rings. The fourth-order valence-electron chi connectivity index (χ4n) is 2.57. The number of sulfonamides is 1. The molecule has 0 radical (unpaired) electrons. The van der Waals surface area contributed by atoms with E-state index in [1.54, 1.807) is 31.3 Å². The molecule has 1 heterocycles. The lowest BCUT2D eigenvalue weighted by Crippen LogP contribution is -2.26. The van der Waals surface area contributed by atoms with Crippen molar-refractivity contribution < 1.29 is 17.9 Å². The quantitative estimate of drug-likeness (QED) is 0.706. The number of para-hydroxylation sites is 1. The fraction of sp³-hybridized carbons (Fsp3) is 0.105. The second-order valence-corrected chi connectivity index (χ2v) is 7.89. The molecule has 2 N–H and O–H groups in total. The molecule has 1 amide bonds. The van der Waals surface area contributed by atoms with Crippen LogP contribution in [0.2, 0.25) is 0 Å². The van der Waals surface area contributed by atoms with Crippen LogP contribution in [0.15, 0.2) is 71.8 Å². The lowest BCUT2D eigenvalue weighted by atomic mass is 10.3. The molecule has 0 unspecified atom stereocenters. The number of hydrogen-bond donors (Lipinski definition) is 1. The number of ether oxygens (including phenoxy) is 1. The Balaban J connectivity index is 1.83. The van der Waals surface area contributed by atoms with Gasteiger partial charge in [0.05, 0.1) is 5.69 Å². The third kappa shape index (κ3) is 3.80. The van der Waals surface area contributed by atoms with Crippen LogP contribution in [0.4, 0.5) is 5.69 Å². The van der Waals surface area contributed by atoms with Crippen molar-refractivity contribution in [2.45, 2.75) is 4.90 Å². The van der Waals surface area contributed by atoms with Crippen LogP contribution in [0.25, 0.3) is 0 Å². The molecule has 3 rings (SSSR count). The average Bonchev–Trinajstić information content (AvgIpc) is 3.05. The Bertz CT molecular complexity index is 1060. The molecule has 0 fully saturated rings. The number of rotatable bonds is 6. The molecule has 140 valence electrons. The van der Waals surface area contributed by atoms with E-state index in [9.17, 15) is 13.2 Å². The number of hydrogen-bond acceptors (Lipinski definition) is 4. The molecule has 0 bridgehead atoms. The Morgan fingerprint density at radius 1 is 1.04 bits per heavy atom. The van der Waals surface area contributed by atoms with Crippen LogP contribution in [-0.4, -0.2) is 25.9 Å². The van der Waals surface area contributed by atoms with Crippen molar-refractivity contribution in [3.05, 3.63) is 72.6 Å². The molecule has 2 aromatic carbocycles. The number of carbonyl (C=O) groups is 1. The monoisotopic (exact) mass is 385 g/mol. The molecular formula is C19H19N3O4S. The number of amides is 1. The van der Waals surface area contributed by atoms with E-state index in [4.69, 9.17) is 10.5 Å². The van der Waals surface area contributed by atoms with Gasteiger partial charge in [-0.15, -0.1) is 0 Å². The number of anilines is 1. The molecule has 0 saturated heterocycles. The summed E-state index contributed by atoms with van der Waals surface area (Å²) in [7, 11) is -0.827.